The lowest BCUT2D eigenvalue weighted by atomic mass is 9.71. The third kappa shape index (κ3) is 2.85. The summed E-state index contributed by atoms with van der Waals surface area (Å²) in [5.41, 5.74) is 4.32. The number of allylic oxidation sites excluding steroid dienone is 2. The number of aryl methyl sites for hydroxylation is 1. The van der Waals surface area contributed by atoms with Crippen molar-refractivity contribution in [3.8, 4) is 5.69 Å². The van der Waals surface area contributed by atoms with E-state index in [1.54, 1.807) is 4.68 Å². The Morgan fingerprint density at radius 3 is 2.41 bits per heavy atom. The van der Waals surface area contributed by atoms with Gasteiger partial charge in [0.15, 0.2) is 0 Å². The molecule has 0 bridgehead atoms. The normalized spacial score (nSPS) is 23.0. The van der Waals surface area contributed by atoms with Gasteiger partial charge in [0.05, 0.1) is 17.2 Å². The van der Waals surface area contributed by atoms with E-state index in [9.17, 15) is 9.59 Å². The summed E-state index contributed by atoms with van der Waals surface area (Å²) in [5, 5.41) is 6.60. The molecule has 0 saturated heterocycles. The molecule has 0 saturated carbocycles. The zero-order chi connectivity index (χ0) is 20.1. The lowest BCUT2D eigenvalue weighted by molar-refractivity contribution is -0.123. The molecule has 0 spiro atoms. The van der Waals surface area contributed by atoms with Crippen molar-refractivity contribution < 1.29 is 4.79 Å². The van der Waals surface area contributed by atoms with Crippen LogP contribution < -0.4 is 10.9 Å². The summed E-state index contributed by atoms with van der Waals surface area (Å²) in [4.78, 5) is 26.6. The van der Waals surface area contributed by atoms with E-state index in [4.69, 9.17) is 0 Å². The third-order valence-corrected chi connectivity index (χ3v) is 5.96. The lowest BCUT2D eigenvalue weighted by Gasteiger charge is -2.36. The van der Waals surface area contributed by atoms with Crippen LogP contribution in [0.25, 0.3) is 5.69 Å². The number of hydrogen-bond acceptors (Lipinski definition) is 3. The molecule has 2 N–H and O–H groups in total. The highest BCUT2D eigenvalue weighted by Crippen LogP contribution is 2.45. The van der Waals surface area contributed by atoms with E-state index in [0.29, 0.717) is 17.8 Å². The minimum atomic E-state index is -0.353. The number of rotatable bonds is 2. The van der Waals surface area contributed by atoms with E-state index in [0.717, 1.165) is 22.5 Å². The summed E-state index contributed by atoms with van der Waals surface area (Å²) in [6, 6.07) is 17.7. The van der Waals surface area contributed by atoms with E-state index in [1.165, 1.54) is 0 Å². The molecule has 0 amide bonds. The summed E-state index contributed by atoms with van der Waals surface area (Å²) in [7, 11) is 0. The Hall–Kier alpha value is -3.34. The van der Waals surface area contributed by atoms with Gasteiger partial charge in [-0.2, -0.15) is 0 Å². The van der Waals surface area contributed by atoms with Crippen LogP contribution in [-0.4, -0.2) is 15.6 Å². The van der Waals surface area contributed by atoms with Gasteiger partial charge in [0.25, 0.3) is 5.56 Å². The zero-order valence-electron chi connectivity index (χ0n) is 16.5. The van der Waals surface area contributed by atoms with Gasteiger partial charge in [-0.05, 0) is 30.5 Å². The van der Waals surface area contributed by atoms with Crippen molar-refractivity contribution in [2.75, 3.05) is 5.32 Å². The number of H-pyrrole nitrogens is 1. The molecule has 0 unspecified atom stereocenters. The van der Waals surface area contributed by atoms with Crippen molar-refractivity contribution in [1.82, 2.24) is 9.78 Å². The van der Waals surface area contributed by atoms with E-state index >= 15 is 0 Å². The number of para-hydroxylation sites is 1. The first-order valence-electron chi connectivity index (χ1n) is 10.0. The van der Waals surface area contributed by atoms with Gasteiger partial charge in [-0.25, -0.2) is 4.68 Å². The standard InChI is InChI=1S/C24H23N3O2/c1-14-8-10-16(11-9-14)20-21-18(12-15(2)13-19(21)28)25-23-22(20)24(29)27(26-23)17-6-4-3-5-7-17/h3-12,15,20-21,25-26H,13H2,1-2H3/t15-,20+,21-/m0/s1. The number of carbonyl (C=O) groups excluding carboxylic acids is 1. The molecule has 1 aromatic heterocycles. The maximum atomic E-state index is 13.5. The number of hydrogen-bond donors (Lipinski definition) is 2. The SMILES string of the molecule is Cc1ccc([C@H]2c3c([nH]n(-c4ccccc4)c3=O)NC3=C[C@H](C)CC(=O)[C@H]32)cc1. The number of aromatic amines is 1. The van der Waals surface area contributed by atoms with Crippen molar-refractivity contribution in [3.05, 3.63) is 93.4 Å². The number of nitrogens with one attached hydrogen (secondary N) is 2. The van der Waals surface area contributed by atoms with Crippen molar-refractivity contribution in [2.45, 2.75) is 26.2 Å². The fourth-order valence-corrected chi connectivity index (χ4v) is 4.61. The number of aromatic nitrogens is 2. The first kappa shape index (κ1) is 17.7. The molecule has 3 aromatic rings. The Balaban J connectivity index is 1.75. The average Bonchev–Trinajstić information content (AvgIpc) is 3.04. The quantitative estimate of drug-likeness (QED) is 0.697. The van der Waals surface area contributed by atoms with E-state index < -0.39 is 0 Å². The predicted octanol–water partition coefficient (Wildman–Crippen LogP) is 4.14. The maximum absolute atomic E-state index is 13.5. The monoisotopic (exact) mass is 385 g/mol. The molecule has 5 rings (SSSR count). The smallest absolute Gasteiger partial charge is 0.277 e. The molecule has 0 radical (unpaired) electrons. The second-order valence-electron chi connectivity index (χ2n) is 8.14. The first-order valence-corrected chi connectivity index (χ1v) is 10.0. The Labute approximate surface area is 169 Å². The lowest BCUT2D eigenvalue weighted by Crippen LogP contribution is -2.38. The molecular formula is C24H23N3O2. The van der Waals surface area contributed by atoms with Crippen LogP contribution in [0, 0.1) is 18.8 Å². The minimum Gasteiger partial charge on any atom is -0.343 e. The van der Waals surface area contributed by atoms with Gasteiger partial charge in [0.1, 0.15) is 11.6 Å². The molecular weight excluding hydrogens is 362 g/mol. The number of carbonyl (C=O) groups is 1. The molecule has 0 fully saturated rings. The second kappa shape index (κ2) is 6.62. The summed E-state index contributed by atoms with van der Waals surface area (Å²) in [6.45, 7) is 4.09. The van der Waals surface area contributed by atoms with Crippen molar-refractivity contribution >= 4 is 11.6 Å². The van der Waals surface area contributed by atoms with Gasteiger partial charge in [0.2, 0.25) is 0 Å². The molecule has 1 aliphatic carbocycles. The number of Topliss-reactive ketones (excluding diaryl/α,β-unsaturated/α-hetero) is 1. The molecule has 146 valence electrons. The summed E-state index contributed by atoms with van der Waals surface area (Å²) < 4.78 is 1.56. The predicted molar refractivity (Wildman–Crippen MR) is 113 cm³/mol. The van der Waals surface area contributed by atoms with Crippen LogP contribution in [-0.2, 0) is 4.79 Å². The van der Waals surface area contributed by atoms with Crippen LogP contribution in [0.1, 0.15) is 36.0 Å². The Morgan fingerprint density at radius 2 is 1.69 bits per heavy atom. The van der Waals surface area contributed by atoms with Crippen LogP contribution in [0.15, 0.2) is 71.2 Å². The van der Waals surface area contributed by atoms with E-state index in [-0.39, 0.29) is 29.1 Å². The fraction of sp³-hybridized carbons (Fsp3) is 0.250. The fourth-order valence-electron chi connectivity index (χ4n) is 4.61. The van der Waals surface area contributed by atoms with Crippen LogP contribution in [0.5, 0.6) is 0 Å². The maximum Gasteiger partial charge on any atom is 0.277 e. The number of fused-ring (bicyclic) bond motifs is 2. The van der Waals surface area contributed by atoms with Gasteiger partial charge < -0.3 is 5.32 Å². The summed E-state index contributed by atoms with van der Waals surface area (Å²) in [6.07, 6.45) is 2.64. The number of nitrogens with zero attached hydrogens (tertiary/aromatic N) is 1. The zero-order valence-corrected chi connectivity index (χ0v) is 16.5. The van der Waals surface area contributed by atoms with Gasteiger partial charge in [-0.15, -0.1) is 0 Å². The molecule has 29 heavy (non-hydrogen) atoms. The minimum absolute atomic E-state index is 0.116. The van der Waals surface area contributed by atoms with Gasteiger partial charge in [-0.3, -0.25) is 14.7 Å². The summed E-state index contributed by atoms with van der Waals surface area (Å²) in [5.74, 6) is 0.393. The second-order valence-corrected chi connectivity index (χ2v) is 8.14. The van der Waals surface area contributed by atoms with Crippen molar-refractivity contribution in [3.63, 3.8) is 0 Å². The largest absolute Gasteiger partial charge is 0.343 e. The molecule has 3 atom stereocenters. The molecule has 1 aliphatic heterocycles. The summed E-state index contributed by atoms with van der Waals surface area (Å²) >= 11 is 0. The number of anilines is 1. The van der Waals surface area contributed by atoms with Crippen LogP contribution in [0.2, 0.25) is 0 Å². The third-order valence-electron chi connectivity index (χ3n) is 5.96. The molecule has 5 nitrogen and oxygen atoms in total. The first-order chi connectivity index (χ1) is 14.0. The Morgan fingerprint density at radius 1 is 0.966 bits per heavy atom. The van der Waals surface area contributed by atoms with Crippen molar-refractivity contribution in [1.29, 1.82) is 0 Å². The van der Waals surface area contributed by atoms with Gasteiger partial charge in [-0.1, -0.05) is 61.0 Å². The van der Waals surface area contributed by atoms with E-state index in [1.807, 2.05) is 61.5 Å². The topological polar surface area (TPSA) is 66.9 Å². The highest BCUT2D eigenvalue weighted by atomic mass is 16.1. The van der Waals surface area contributed by atoms with Gasteiger partial charge in [0, 0.05) is 18.0 Å². The van der Waals surface area contributed by atoms with Crippen LogP contribution in [0.3, 0.4) is 0 Å². The van der Waals surface area contributed by atoms with E-state index in [2.05, 4.69) is 23.4 Å². The Kier molecular flexibility index (Phi) is 4.05. The van der Waals surface area contributed by atoms with Gasteiger partial charge >= 0.3 is 0 Å². The van der Waals surface area contributed by atoms with Crippen LogP contribution >= 0.6 is 0 Å². The molecule has 2 heterocycles. The highest BCUT2D eigenvalue weighted by Gasteiger charge is 2.44. The molecule has 5 heteroatoms. The molecule has 2 aliphatic rings. The highest BCUT2D eigenvalue weighted by molar-refractivity contribution is 5.89. The number of benzene rings is 2. The molecule has 2 aromatic carbocycles. The number of ketones is 1. The average molecular weight is 385 g/mol. The Bertz CT molecular complexity index is 1170. The van der Waals surface area contributed by atoms with Crippen LogP contribution in [0.4, 0.5) is 5.82 Å². The van der Waals surface area contributed by atoms with Crippen molar-refractivity contribution in [2.24, 2.45) is 11.8 Å².